The van der Waals surface area contributed by atoms with Gasteiger partial charge < -0.3 is 10.2 Å². The van der Waals surface area contributed by atoms with E-state index in [-0.39, 0.29) is 10.8 Å². The van der Waals surface area contributed by atoms with E-state index in [0.717, 1.165) is 22.4 Å². The van der Waals surface area contributed by atoms with Crippen LogP contribution in [-0.4, -0.2) is 46.4 Å². The maximum Gasteiger partial charge on any atom is 0.255 e. The van der Waals surface area contributed by atoms with Crippen LogP contribution in [0, 0.1) is 20.8 Å². The van der Waals surface area contributed by atoms with Crippen molar-refractivity contribution in [3.05, 3.63) is 58.7 Å². The van der Waals surface area contributed by atoms with E-state index < -0.39 is 10.0 Å². The molecule has 0 fully saturated rings. The van der Waals surface area contributed by atoms with E-state index in [9.17, 15) is 13.2 Å². The molecule has 0 bridgehead atoms. The van der Waals surface area contributed by atoms with Crippen molar-refractivity contribution < 1.29 is 13.2 Å². The Kier molecular flexibility index (Phi) is 6.75. The molecule has 0 atom stereocenters. The number of hydrogen-bond donors (Lipinski definition) is 2. The first-order valence-electron chi connectivity index (χ1n) is 8.74. The number of carbonyl (C=O) groups is 1. The van der Waals surface area contributed by atoms with E-state index >= 15 is 0 Å². The Morgan fingerprint density at radius 1 is 1.00 bits per heavy atom. The molecule has 2 aromatic rings. The minimum atomic E-state index is -3.58. The summed E-state index contributed by atoms with van der Waals surface area (Å²) in [4.78, 5) is 14.6. The van der Waals surface area contributed by atoms with Gasteiger partial charge in [0.2, 0.25) is 10.0 Å². The van der Waals surface area contributed by atoms with Gasteiger partial charge in [-0.2, -0.15) is 0 Å². The summed E-state index contributed by atoms with van der Waals surface area (Å²) in [5.74, 6) is -0.269. The lowest BCUT2D eigenvalue weighted by atomic mass is 10.0. The van der Waals surface area contributed by atoms with Crippen molar-refractivity contribution in [2.75, 3.05) is 32.5 Å². The SMILES string of the molecule is Cc1cc(C)c(NC(=O)c2ccc(S(=O)(=O)NCCN(C)C)cc2)c(C)c1. The predicted molar refractivity (Wildman–Crippen MR) is 109 cm³/mol. The molecule has 27 heavy (non-hydrogen) atoms. The summed E-state index contributed by atoms with van der Waals surface area (Å²) in [7, 11) is 0.165. The fourth-order valence-corrected chi connectivity index (χ4v) is 3.86. The van der Waals surface area contributed by atoms with Crippen LogP contribution in [0.1, 0.15) is 27.0 Å². The lowest BCUT2D eigenvalue weighted by Crippen LogP contribution is -2.31. The average Bonchev–Trinajstić information content (AvgIpc) is 2.57. The summed E-state index contributed by atoms with van der Waals surface area (Å²) < 4.78 is 27.1. The highest BCUT2D eigenvalue weighted by molar-refractivity contribution is 7.89. The van der Waals surface area contributed by atoms with Gasteiger partial charge in [-0.25, -0.2) is 13.1 Å². The number of rotatable bonds is 7. The van der Waals surface area contributed by atoms with Gasteiger partial charge in [0.25, 0.3) is 5.91 Å². The standard InChI is InChI=1S/C20H27N3O3S/c1-14-12-15(2)19(16(3)13-14)22-20(24)17-6-8-18(9-7-17)27(25,26)21-10-11-23(4)5/h6-9,12-13,21H,10-11H2,1-5H3,(H,22,24). The first-order chi connectivity index (χ1) is 12.6. The molecule has 0 radical (unpaired) electrons. The van der Waals surface area contributed by atoms with Gasteiger partial charge in [0.1, 0.15) is 0 Å². The maximum atomic E-state index is 12.5. The van der Waals surface area contributed by atoms with Crippen molar-refractivity contribution in [2.45, 2.75) is 25.7 Å². The third-order valence-electron chi connectivity index (χ3n) is 4.19. The molecular weight excluding hydrogens is 362 g/mol. The molecule has 0 unspecified atom stereocenters. The highest BCUT2D eigenvalue weighted by Gasteiger charge is 2.15. The fourth-order valence-electron chi connectivity index (χ4n) is 2.84. The van der Waals surface area contributed by atoms with Crippen LogP contribution in [-0.2, 0) is 10.0 Å². The average molecular weight is 390 g/mol. The molecule has 6 nitrogen and oxygen atoms in total. The van der Waals surface area contributed by atoms with Gasteiger partial charge in [-0.1, -0.05) is 17.7 Å². The Labute approximate surface area is 161 Å². The lowest BCUT2D eigenvalue weighted by molar-refractivity contribution is 0.102. The molecule has 0 aromatic heterocycles. The number of nitrogens with one attached hydrogen (secondary N) is 2. The van der Waals surface area contributed by atoms with E-state index in [2.05, 4.69) is 10.0 Å². The molecule has 0 spiro atoms. The Morgan fingerprint density at radius 2 is 1.56 bits per heavy atom. The molecule has 2 aromatic carbocycles. The number of benzene rings is 2. The highest BCUT2D eigenvalue weighted by atomic mass is 32.2. The summed E-state index contributed by atoms with van der Waals surface area (Å²) in [5.41, 5.74) is 4.31. The molecule has 0 saturated carbocycles. The van der Waals surface area contributed by atoms with Crippen LogP contribution in [0.3, 0.4) is 0 Å². The Balaban J connectivity index is 2.12. The minimum absolute atomic E-state index is 0.139. The van der Waals surface area contributed by atoms with E-state index in [0.29, 0.717) is 18.7 Å². The molecule has 0 aliphatic carbocycles. The van der Waals surface area contributed by atoms with Crippen LogP contribution < -0.4 is 10.0 Å². The topological polar surface area (TPSA) is 78.5 Å². The maximum absolute atomic E-state index is 12.5. The van der Waals surface area contributed by atoms with Crippen molar-refractivity contribution in [2.24, 2.45) is 0 Å². The zero-order chi connectivity index (χ0) is 20.2. The second-order valence-corrected chi connectivity index (χ2v) is 8.72. The third-order valence-corrected chi connectivity index (χ3v) is 5.67. The summed E-state index contributed by atoms with van der Waals surface area (Å²) in [6.45, 7) is 6.84. The third kappa shape index (κ3) is 5.63. The van der Waals surface area contributed by atoms with Gasteiger partial charge in [0.15, 0.2) is 0 Å². The van der Waals surface area contributed by atoms with Crippen LogP contribution in [0.5, 0.6) is 0 Å². The summed E-state index contributed by atoms with van der Waals surface area (Å²) in [5, 5.41) is 2.92. The lowest BCUT2D eigenvalue weighted by Gasteiger charge is -2.13. The number of sulfonamides is 1. The van der Waals surface area contributed by atoms with Crippen LogP contribution in [0.4, 0.5) is 5.69 Å². The first-order valence-corrected chi connectivity index (χ1v) is 10.2. The van der Waals surface area contributed by atoms with Crippen molar-refractivity contribution in [1.82, 2.24) is 9.62 Å². The molecule has 1 amide bonds. The summed E-state index contributed by atoms with van der Waals surface area (Å²) in [6, 6.07) is 9.96. The molecule has 2 N–H and O–H groups in total. The molecule has 0 aliphatic heterocycles. The summed E-state index contributed by atoms with van der Waals surface area (Å²) >= 11 is 0. The van der Waals surface area contributed by atoms with Crippen LogP contribution in [0.25, 0.3) is 0 Å². The molecule has 146 valence electrons. The monoisotopic (exact) mass is 389 g/mol. The van der Waals surface area contributed by atoms with Crippen LogP contribution in [0.15, 0.2) is 41.3 Å². The molecule has 0 saturated heterocycles. The normalized spacial score (nSPS) is 11.6. The highest BCUT2D eigenvalue weighted by Crippen LogP contribution is 2.23. The van der Waals surface area contributed by atoms with Crippen molar-refractivity contribution in [3.63, 3.8) is 0 Å². The number of aryl methyl sites for hydroxylation is 3. The first kappa shape index (κ1) is 21.1. The van der Waals surface area contributed by atoms with Gasteiger partial charge in [-0.05, 0) is 70.3 Å². The molecule has 7 heteroatoms. The second kappa shape index (κ2) is 8.65. The predicted octanol–water partition coefficient (Wildman–Crippen LogP) is 2.70. The summed E-state index contributed by atoms with van der Waals surface area (Å²) in [6.07, 6.45) is 0. The quantitative estimate of drug-likeness (QED) is 0.763. The fraction of sp³-hybridized carbons (Fsp3) is 0.350. The number of likely N-dealkylation sites (N-methyl/N-ethyl adjacent to an activating group) is 1. The van der Waals surface area contributed by atoms with Gasteiger partial charge >= 0.3 is 0 Å². The largest absolute Gasteiger partial charge is 0.322 e. The number of nitrogens with zero attached hydrogens (tertiary/aromatic N) is 1. The van der Waals surface area contributed by atoms with E-state index in [4.69, 9.17) is 0 Å². The zero-order valence-corrected chi connectivity index (χ0v) is 17.3. The Hall–Kier alpha value is -2.22. The Bertz CT molecular complexity index is 897. The molecule has 0 aliphatic rings. The smallest absolute Gasteiger partial charge is 0.255 e. The Morgan fingerprint density at radius 3 is 2.07 bits per heavy atom. The van der Waals surface area contributed by atoms with Crippen molar-refractivity contribution >= 4 is 21.6 Å². The number of hydrogen-bond acceptors (Lipinski definition) is 4. The molecule has 2 rings (SSSR count). The van der Waals surface area contributed by atoms with Gasteiger partial charge in [-0.3, -0.25) is 4.79 Å². The molecule has 0 heterocycles. The van der Waals surface area contributed by atoms with Gasteiger partial charge in [0, 0.05) is 24.3 Å². The number of amides is 1. The molecular formula is C20H27N3O3S. The van der Waals surface area contributed by atoms with Crippen molar-refractivity contribution in [3.8, 4) is 0 Å². The van der Waals surface area contributed by atoms with Gasteiger partial charge in [0.05, 0.1) is 4.90 Å². The minimum Gasteiger partial charge on any atom is -0.322 e. The number of carbonyl (C=O) groups excluding carboxylic acids is 1. The van der Waals surface area contributed by atoms with Gasteiger partial charge in [-0.15, -0.1) is 0 Å². The van der Waals surface area contributed by atoms with Crippen LogP contribution >= 0.6 is 0 Å². The zero-order valence-electron chi connectivity index (χ0n) is 16.5. The van der Waals surface area contributed by atoms with E-state index in [1.54, 1.807) is 0 Å². The van der Waals surface area contributed by atoms with E-state index in [1.165, 1.54) is 24.3 Å². The van der Waals surface area contributed by atoms with Crippen LogP contribution in [0.2, 0.25) is 0 Å². The second-order valence-electron chi connectivity index (χ2n) is 6.95. The number of anilines is 1. The van der Waals surface area contributed by atoms with Crippen molar-refractivity contribution in [1.29, 1.82) is 0 Å². The van der Waals surface area contributed by atoms with E-state index in [1.807, 2.05) is 51.9 Å².